The Morgan fingerprint density at radius 2 is 1.65 bits per heavy atom. The van der Waals surface area contributed by atoms with Gasteiger partial charge in [-0.3, -0.25) is 4.79 Å². The number of hydrogen-bond acceptors (Lipinski definition) is 5. The SMILES string of the molecule is CCOCc1cc(C(=O)OCC(=O)Nc2c(C(C)C)cccc2C(C)C)ccc1OC. The molecule has 1 N–H and O–H groups in total. The van der Waals surface area contributed by atoms with Crippen molar-refractivity contribution >= 4 is 17.6 Å². The summed E-state index contributed by atoms with van der Waals surface area (Å²) in [6.07, 6.45) is 0. The summed E-state index contributed by atoms with van der Waals surface area (Å²) in [5.74, 6) is 0.191. The van der Waals surface area contributed by atoms with Gasteiger partial charge in [-0.05, 0) is 48.1 Å². The molecule has 1 amide bonds. The maximum absolute atomic E-state index is 12.6. The van der Waals surface area contributed by atoms with E-state index in [9.17, 15) is 9.59 Å². The lowest BCUT2D eigenvalue weighted by molar-refractivity contribution is -0.119. The molecule has 2 rings (SSSR count). The maximum atomic E-state index is 12.6. The molecule has 0 bridgehead atoms. The van der Waals surface area contributed by atoms with Crippen LogP contribution in [0.25, 0.3) is 0 Å². The van der Waals surface area contributed by atoms with Crippen LogP contribution in [0.15, 0.2) is 36.4 Å². The molecule has 2 aromatic carbocycles. The van der Waals surface area contributed by atoms with Crippen molar-refractivity contribution in [1.29, 1.82) is 0 Å². The number of hydrogen-bond donors (Lipinski definition) is 1. The molecule has 0 saturated heterocycles. The molecule has 0 saturated carbocycles. The number of carbonyl (C=O) groups is 2. The normalized spacial score (nSPS) is 11.0. The molecule has 0 fully saturated rings. The number of ether oxygens (including phenoxy) is 3. The number of carbonyl (C=O) groups excluding carboxylic acids is 2. The number of rotatable bonds is 10. The minimum absolute atomic E-state index is 0.250. The van der Waals surface area contributed by atoms with Crippen molar-refractivity contribution in [3.63, 3.8) is 0 Å². The summed E-state index contributed by atoms with van der Waals surface area (Å²) in [4.78, 5) is 25.1. The molecule has 0 radical (unpaired) electrons. The quantitative estimate of drug-likeness (QED) is 0.523. The monoisotopic (exact) mass is 427 g/mol. The van der Waals surface area contributed by atoms with Gasteiger partial charge in [0.25, 0.3) is 5.91 Å². The summed E-state index contributed by atoms with van der Waals surface area (Å²) in [6, 6.07) is 11.0. The van der Waals surface area contributed by atoms with Crippen LogP contribution in [-0.2, 0) is 20.9 Å². The van der Waals surface area contributed by atoms with Crippen molar-refractivity contribution in [2.24, 2.45) is 0 Å². The Bertz CT molecular complexity index is 879. The van der Waals surface area contributed by atoms with Gasteiger partial charge in [0.2, 0.25) is 0 Å². The standard InChI is InChI=1S/C25H33NO5/c1-7-30-14-19-13-18(11-12-22(19)29-6)25(28)31-15-23(27)26-24-20(16(2)3)9-8-10-21(24)17(4)5/h8-13,16-17H,7,14-15H2,1-6H3,(H,26,27). The molecule has 0 aliphatic carbocycles. The molecule has 0 aliphatic heterocycles. The van der Waals surface area contributed by atoms with Gasteiger partial charge in [-0.15, -0.1) is 0 Å². The van der Waals surface area contributed by atoms with Crippen LogP contribution < -0.4 is 10.1 Å². The van der Waals surface area contributed by atoms with Crippen LogP contribution in [0.1, 0.15) is 73.5 Å². The van der Waals surface area contributed by atoms with Gasteiger partial charge in [0.1, 0.15) is 5.75 Å². The van der Waals surface area contributed by atoms with E-state index in [2.05, 4.69) is 33.0 Å². The van der Waals surface area contributed by atoms with E-state index < -0.39 is 5.97 Å². The Kier molecular flexibility index (Phi) is 9.06. The van der Waals surface area contributed by atoms with E-state index in [1.807, 2.05) is 25.1 Å². The Balaban J connectivity index is 2.09. The molecule has 31 heavy (non-hydrogen) atoms. The molecule has 168 valence electrons. The van der Waals surface area contributed by atoms with E-state index in [1.165, 1.54) is 0 Å². The zero-order valence-electron chi connectivity index (χ0n) is 19.3. The van der Waals surface area contributed by atoms with Crippen molar-refractivity contribution in [2.45, 2.75) is 53.1 Å². The van der Waals surface area contributed by atoms with Gasteiger partial charge < -0.3 is 19.5 Å². The second-order valence-corrected chi connectivity index (χ2v) is 7.91. The van der Waals surface area contributed by atoms with Crippen LogP contribution in [0.5, 0.6) is 5.75 Å². The Hall–Kier alpha value is -2.86. The van der Waals surface area contributed by atoms with Crippen LogP contribution in [0.3, 0.4) is 0 Å². The average molecular weight is 428 g/mol. The number of anilines is 1. The van der Waals surface area contributed by atoms with Crippen molar-refractivity contribution in [1.82, 2.24) is 0 Å². The fraction of sp³-hybridized carbons (Fsp3) is 0.440. The first-order valence-electron chi connectivity index (χ1n) is 10.6. The van der Waals surface area contributed by atoms with Crippen molar-refractivity contribution in [2.75, 3.05) is 25.6 Å². The second kappa shape index (κ2) is 11.5. The highest BCUT2D eigenvalue weighted by Gasteiger charge is 2.18. The van der Waals surface area contributed by atoms with Crippen LogP contribution in [0.2, 0.25) is 0 Å². The number of para-hydroxylation sites is 1. The first-order valence-corrected chi connectivity index (χ1v) is 10.6. The summed E-state index contributed by atoms with van der Waals surface area (Å²) in [7, 11) is 1.56. The summed E-state index contributed by atoms with van der Waals surface area (Å²) in [5.41, 5.74) is 4.00. The lowest BCUT2D eigenvalue weighted by Crippen LogP contribution is -2.22. The predicted molar refractivity (Wildman–Crippen MR) is 122 cm³/mol. The Labute approximate surface area is 184 Å². The van der Waals surface area contributed by atoms with Crippen molar-refractivity contribution < 1.29 is 23.8 Å². The molecular formula is C25H33NO5. The zero-order valence-corrected chi connectivity index (χ0v) is 19.3. The first kappa shape index (κ1) is 24.4. The van der Waals surface area contributed by atoms with Gasteiger partial charge in [0, 0.05) is 17.9 Å². The number of esters is 1. The second-order valence-electron chi connectivity index (χ2n) is 7.91. The smallest absolute Gasteiger partial charge is 0.338 e. The molecule has 0 aliphatic rings. The van der Waals surface area contributed by atoms with E-state index in [1.54, 1.807) is 25.3 Å². The van der Waals surface area contributed by atoms with Gasteiger partial charge in [-0.1, -0.05) is 45.9 Å². The highest BCUT2D eigenvalue weighted by Crippen LogP contribution is 2.32. The number of nitrogens with one attached hydrogen (secondary N) is 1. The largest absolute Gasteiger partial charge is 0.496 e. The van der Waals surface area contributed by atoms with Crippen molar-refractivity contribution in [3.05, 3.63) is 58.7 Å². The van der Waals surface area contributed by atoms with Gasteiger partial charge >= 0.3 is 5.97 Å². The molecule has 0 spiro atoms. The highest BCUT2D eigenvalue weighted by molar-refractivity contribution is 5.96. The van der Waals surface area contributed by atoms with Crippen LogP contribution >= 0.6 is 0 Å². The zero-order chi connectivity index (χ0) is 23.0. The minimum Gasteiger partial charge on any atom is -0.496 e. The molecule has 0 heterocycles. The fourth-order valence-corrected chi connectivity index (χ4v) is 3.32. The van der Waals surface area contributed by atoms with Gasteiger partial charge in [0.15, 0.2) is 6.61 Å². The summed E-state index contributed by atoms with van der Waals surface area (Å²) in [5, 5.41) is 2.95. The van der Waals surface area contributed by atoms with Gasteiger partial charge in [-0.2, -0.15) is 0 Å². The Morgan fingerprint density at radius 3 is 2.19 bits per heavy atom. The molecular weight excluding hydrogens is 394 g/mol. The van der Waals surface area contributed by atoms with Crippen LogP contribution in [-0.4, -0.2) is 32.2 Å². The van der Waals surface area contributed by atoms with Gasteiger partial charge in [0.05, 0.1) is 19.3 Å². The third-order valence-electron chi connectivity index (χ3n) is 4.95. The highest BCUT2D eigenvalue weighted by atomic mass is 16.5. The lowest BCUT2D eigenvalue weighted by Gasteiger charge is -2.20. The topological polar surface area (TPSA) is 73.9 Å². The molecule has 2 aromatic rings. The van der Waals surface area contributed by atoms with E-state index in [4.69, 9.17) is 14.2 Å². The average Bonchev–Trinajstić information content (AvgIpc) is 2.75. The van der Waals surface area contributed by atoms with E-state index in [0.717, 1.165) is 22.4 Å². The van der Waals surface area contributed by atoms with Crippen molar-refractivity contribution in [3.8, 4) is 5.75 Å². The molecule has 6 heteroatoms. The molecule has 0 atom stereocenters. The van der Waals surface area contributed by atoms with E-state index >= 15 is 0 Å². The fourth-order valence-electron chi connectivity index (χ4n) is 3.32. The Morgan fingerprint density at radius 1 is 1.00 bits per heavy atom. The predicted octanol–water partition coefficient (Wildman–Crippen LogP) is 5.27. The minimum atomic E-state index is -0.572. The summed E-state index contributed by atoms with van der Waals surface area (Å²) in [6.45, 7) is 10.7. The van der Waals surface area contributed by atoms with Crippen LogP contribution in [0.4, 0.5) is 5.69 Å². The molecule has 0 unspecified atom stereocenters. The summed E-state index contributed by atoms with van der Waals surface area (Å²) < 4.78 is 16.0. The van der Waals surface area contributed by atoms with E-state index in [0.29, 0.717) is 24.5 Å². The summed E-state index contributed by atoms with van der Waals surface area (Å²) >= 11 is 0. The first-order chi connectivity index (χ1) is 14.8. The maximum Gasteiger partial charge on any atom is 0.338 e. The number of methoxy groups -OCH3 is 1. The van der Waals surface area contributed by atoms with E-state index in [-0.39, 0.29) is 24.3 Å². The van der Waals surface area contributed by atoms with Gasteiger partial charge in [-0.25, -0.2) is 4.79 Å². The number of amides is 1. The third kappa shape index (κ3) is 6.56. The molecule has 0 aromatic heterocycles. The lowest BCUT2D eigenvalue weighted by atomic mass is 9.92. The van der Waals surface area contributed by atoms with Crippen LogP contribution in [0, 0.1) is 0 Å². The third-order valence-corrected chi connectivity index (χ3v) is 4.95. The molecule has 6 nitrogen and oxygen atoms in total. The number of benzene rings is 2.